The molecule has 2 aromatic rings. The summed E-state index contributed by atoms with van der Waals surface area (Å²) in [7, 11) is -3.52. The van der Waals surface area contributed by atoms with Crippen LogP contribution in [-0.4, -0.2) is 52.9 Å². The third-order valence-corrected chi connectivity index (χ3v) is 7.83. The minimum absolute atomic E-state index is 0.106. The summed E-state index contributed by atoms with van der Waals surface area (Å²) in [5, 5.41) is 4.09. The number of sulfonamides is 1. The summed E-state index contributed by atoms with van der Waals surface area (Å²) in [6, 6.07) is 10.00. The highest BCUT2D eigenvalue weighted by Gasteiger charge is 2.46. The molecule has 1 spiro atoms. The molecule has 1 aromatic carbocycles. The fourth-order valence-electron chi connectivity index (χ4n) is 4.27. The van der Waals surface area contributed by atoms with E-state index in [1.807, 2.05) is 42.2 Å². The summed E-state index contributed by atoms with van der Waals surface area (Å²) >= 11 is 0. The van der Waals surface area contributed by atoms with Gasteiger partial charge in [0.15, 0.2) is 0 Å². The fourth-order valence-corrected chi connectivity index (χ4v) is 5.66. The van der Waals surface area contributed by atoms with Crippen LogP contribution in [0.3, 0.4) is 0 Å². The van der Waals surface area contributed by atoms with Gasteiger partial charge in [0.2, 0.25) is 15.9 Å². The molecule has 2 aliphatic heterocycles. The van der Waals surface area contributed by atoms with E-state index in [4.69, 9.17) is 0 Å². The predicted octanol–water partition coefficient (Wildman–Crippen LogP) is 2.11. The van der Waals surface area contributed by atoms with Crippen molar-refractivity contribution in [3.63, 3.8) is 0 Å². The molecule has 2 fully saturated rings. The molecule has 7 nitrogen and oxygen atoms in total. The average molecular weight is 403 g/mol. The zero-order valence-electron chi connectivity index (χ0n) is 16.1. The van der Waals surface area contributed by atoms with Gasteiger partial charge >= 0.3 is 0 Å². The van der Waals surface area contributed by atoms with Crippen molar-refractivity contribution in [2.45, 2.75) is 44.2 Å². The molecular formula is C20H26N4O3S. The number of hydrogen-bond acceptors (Lipinski definition) is 4. The summed E-state index contributed by atoms with van der Waals surface area (Å²) < 4.78 is 28.9. The molecule has 4 rings (SSSR count). The highest BCUT2D eigenvalue weighted by molar-refractivity contribution is 7.89. The molecule has 0 atom stereocenters. The standard InChI is InChI=1S/C20H26N4O3S/c1-2-23-15-18(13-21-23)28(26,27)24-10-8-20(9-11-24)12-19(25)22(16-20)14-17-6-4-3-5-7-17/h3-7,13,15H,2,8-12,14,16H2,1H3. The summed E-state index contributed by atoms with van der Waals surface area (Å²) in [5.41, 5.74) is 1.02. The Balaban J connectivity index is 1.41. The quantitative estimate of drug-likeness (QED) is 0.768. The molecular weight excluding hydrogens is 376 g/mol. The first-order valence-electron chi connectivity index (χ1n) is 9.76. The number of amides is 1. The molecule has 1 aromatic heterocycles. The molecule has 2 saturated heterocycles. The van der Waals surface area contributed by atoms with E-state index in [2.05, 4.69) is 5.10 Å². The SMILES string of the molecule is CCn1cc(S(=O)(=O)N2CCC3(CC2)CC(=O)N(Cc2ccccc2)C3)cn1. The van der Waals surface area contributed by atoms with Crippen LogP contribution in [0.4, 0.5) is 0 Å². The number of carbonyl (C=O) groups is 1. The van der Waals surface area contributed by atoms with Gasteiger partial charge < -0.3 is 4.90 Å². The van der Waals surface area contributed by atoms with E-state index in [-0.39, 0.29) is 16.2 Å². The molecule has 8 heteroatoms. The minimum Gasteiger partial charge on any atom is -0.338 e. The van der Waals surface area contributed by atoms with Gasteiger partial charge in [0.25, 0.3) is 0 Å². The number of nitrogens with zero attached hydrogens (tertiary/aromatic N) is 4. The van der Waals surface area contributed by atoms with Crippen molar-refractivity contribution in [3.05, 3.63) is 48.3 Å². The Kier molecular flexibility index (Phi) is 5.01. The van der Waals surface area contributed by atoms with Gasteiger partial charge in [-0.05, 0) is 30.7 Å². The van der Waals surface area contributed by atoms with Crippen LogP contribution in [0.25, 0.3) is 0 Å². The normalized spacial score (nSPS) is 20.2. The predicted molar refractivity (Wildman–Crippen MR) is 105 cm³/mol. The molecule has 2 aliphatic rings. The Morgan fingerprint density at radius 1 is 1.14 bits per heavy atom. The Morgan fingerprint density at radius 3 is 2.50 bits per heavy atom. The number of hydrogen-bond donors (Lipinski definition) is 0. The summed E-state index contributed by atoms with van der Waals surface area (Å²) in [6.07, 6.45) is 4.95. The van der Waals surface area contributed by atoms with E-state index >= 15 is 0 Å². The Hall–Kier alpha value is -2.19. The lowest BCUT2D eigenvalue weighted by atomic mass is 9.78. The lowest BCUT2D eigenvalue weighted by Crippen LogP contribution is -2.44. The Bertz CT molecular complexity index is 947. The number of benzene rings is 1. The number of aryl methyl sites for hydroxylation is 1. The molecule has 0 radical (unpaired) electrons. The topological polar surface area (TPSA) is 75.5 Å². The second kappa shape index (κ2) is 7.33. The average Bonchev–Trinajstić information content (AvgIpc) is 3.29. The van der Waals surface area contributed by atoms with Gasteiger partial charge in [0, 0.05) is 45.3 Å². The molecule has 28 heavy (non-hydrogen) atoms. The van der Waals surface area contributed by atoms with E-state index in [1.54, 1.807) is 15.2 Å². The van der Waals surface area contributed by atoms with E-state index in [0.29, 0.717) is 52.0 Å². The van der Waals surface area contributed by atoms with Gasteiger partial charge in [-0.1, -0.05) is 30.3 Å². The van der Waals surface area contributed by atoms with Crippen LogP contribution in [0.1, 0.15) is 31.7 Å². The lowest BCUT2D eigenvalue weighted by Gasteiger charge is -2.37. The van der Waals surface area contributed by atoms with Gasteiger partial charge in [-0.15, -0.1) is 0 Å². The summed E-state index contributed by atoms with van der Waals surface area (Å²) in [4.78, 5) is 14.7. The van der Waals surface area contributed by atoms with Gasteiger partial charge in [0.1, 0.15) is 4.90 Å². The van der Waals surface area contributed by atoms with Crippen LogP contribution in [-0.2, 0) is 27.9 Å². The van der Waals surface area contributed by atoms with Crippen LogP contribution in [0.15, 0.2) is 47.6 Å². The zero-order valence-corrected chi connectivity index (χ0v) is 16.9. The third kappa shape index (κ3) is 3.58. The van der Waals surface area contributed by atoms with Gasteiger partial charge in [-0.2, -0.15) is 9.40 Å². The first kappa shape index (κ1) is 19.1. The Labute approximate surface area is 166 Å². The van der Waals surface area contributed by atoms with Crippen LogP contribution < -0.4 is 0 Å². The Morgan fingerprint density at radius 2 is 1.86 bits per heavy atom. The fraction of sp³-hybridized carbons (Fsp3) is 0.500. The second-order valence-electron chi connectivity index (χ2n) is 7.85. The number of piperidine rings is 1. The maximum Gasteiger partial charge on any atom is 0.246 e. The van der Waals surface area contributed by atoms with Crippen molar-refractivity contribution in [1.29, 1.82) is 0 Å². The van der Waals surface area contributed by atoms with Crippen LogP contribution in [0, 0.1) is 5.41 Å². The zero-order chi connectivity index (χ0) is 19.8. The van der Waals surface area contributed by atoms with Crippen LogP contribution >= 0.6 is 0 Å². The van der Waals surface area contributed by atoms with E-state index in [0.717, 1.165) is 5.56 Å². The molecule has 0 unspecified atom stereocenters. The molecule has 1 amide bonds. The van der Waals surface area contributed by atoms with E-state index in [9.17, 15) is 13.2 Å². The number of carbonyl (C=O) groups excluding carboxylic acids is 1. The smallest absolute Gasteiger partial charge is 0.246 e. The van der Waals surface area contributed by atoms with Gasteiger partial charge in [0.05, 0.1) is 6.20 Å². The van der Waals surface area contributed by atoms with Crippen molar-refractivity contribution < 1.29 is 13.2 Å². The first-order valence-corrected chi connectivity index (χ1v) is 11.2. The largest absolute Gasteiger partial charge is 0.338 e. The highest BCUT2D eigenvalue weighted by Crippen LogP contribution is 2.42. The summed E-state index contributed by atoms with van der Waals surface area (Å²) in [5.74, 6) is 0.171. The molecule has 150 valence electrons. The maximum absolute atomic E-state index is 12.9. The van der Waals surface area contributed by atoms with Gasteiger partial charge in [-0.25, -0.2) is 8.42 Å². The van der Waals surface area contributed by atoms with Gasteiger partial charge in [-0.3, -0.25) is 9.48 Å². The van der Waals surface area contributed by atoms with Crippen LogP contribution in [0.5, 0.6) is 0 Å². The van der Waals surface area contributed by atoms with E-state index < -0.39 is 10.0 Å². The number of rotatable bonds is 5. The molecule has 0 bridgehead atoms. The highest BCUT2D eigenvalue weighted by atomic mass is 32.2. The molecule has 0 aliphatic carbocycles. The van der Waals surface area contributed by atoms with Crippen molar-refractivity contribution in [2.24, 2.45) is 5.41 Å². The third-order valence-electron chi connectivity index (χ3n) is 5.98. The van der Waals surface area contributed by atoms with Crippen LogP contribution in [0.2, 0.25) is 0 Å². The van der Waals surface area contributed by atoms with Crippen molar-refractivity contribution in [3.8, 4) is 0 Å². The monoisotopic (exact) mass is 402 g/mol. The molecule has 0 saturated carbocycles. The number of aromatic nitrogens is 2. The molecule has 3 heterocycles. The van der Waals surface area contributed by atoms with Crippen molar-refractivity contribution in [1.82, 2.24) is 19.0 Å². The minimum atomic E-state index is -3.52. The lowest BCUT2D eigenvalue weighted by molar-refractivity contribution is -0.128. The second-order valence-corrected chi connectivity index (χ2v) is 9.79. The molecule has 0 N–H and O–H groups in total. The number of likely N-dealkylation sites (tertiary alicyclic amines) is 1. The summed E-state index contributed by atoms with van der Waals surface area (Å²) in [6.45, 7) is 4.80. The van der Waals surface area contributed by atoms with E-state index in [1.165, 1.54) is 6.20 Å². The maximum atomic E-state index is 12.9. The van der Waals surface area contributed by atoms with Crippen molar-refractivity contribution >= 4 is 15.9 Å². The first-order chi connectivity index (χ1) is 13.4. The van der Waals surface area contributed by atoms with Crippen molar-refractivity contribution in [2.75, 3.05) is 19.6 Å².